The van der Waals surface area contributed by atoms with E-state index in [0.717, 1.165) is 5.70 Å². The molecular weight excluding hydrogens is 124 g/mol. The number of rotatable bonds is 3. The summed E-state index contributed by atoms with van der Waals surface area (Å²) in [5.74, 6) is 0. The maximum atomic E-state index is 3.85. The van der Waals surface area contributed by atoms with Crippen LogP contribution in [0.4, 0.5) is 0 Å². The van der Waals surface area contributed by atoms with Crippen LogP contribution >= 0.6 is 0 Å². The third-order valence-corrected chi connectivity index (χ3v) is 1.22. The van der Waals surface area contributed by atoms with E-state index >= 15 is 0 Å². The fourth-order valence-electron chi connectivity index (χ4n) is 0.574. The lowest BCUT2D eigenvalue weighted by Crippen LogP contribution is -2.28. The molecule has 0 saturated carbocycles. The van der Waals surface area contributed by atoms with Crippen molar-refractivity contribution in [3.05, 3.63) is 23.9 Å². The molecule has 2 nitrogen and oxygen atoms in total. The highest BCUT2D eigenvalue weighted by Crippen LogP contribution is 2.00. The van der Waals surface area contributed by atoms with E-state index < -0.39 is 0 Å². The molecule has 0 aromatic carbocycles. The van der Waals surface area contributed by atoms with Crippen LogP contribution in [-0.4, -0.2) is 19.1 Å². The molecule has 0 aromatic heterocycles. The van der Waals surface area contributed by atoms with E-state index in [9.17, 15) is 0 Å². The number of hydrogen-bond donors (Lipinski definition) is 1. The van der Waals surface area contributed by atoms with Gasteiger partial charge in [0.15, 0.2) is 0 Å². The molecule has 0 aliphatic rings. The van der Waals surface area contributed by atoms with Gasteiger partial charge in [-0.3, -0.25) is 0 Å². The minimum absolute atomic E-state index is 0.975. The highest BCUT2D eigenvalue weighted by atomic mass is 15.5. The average molecular weight is 140 g/mol. The number of nitrogens with one attached hydrogen (secondary N) is 1. The summed E-state index contributed by atoms with van der Waals surface area (Å²) in [6, 6.07) is 0. The summed E-state index contributed by atoms with van der Waals surface area (Å²) in [7, 11) is 3.80. The van der Waals surface area contributed by atoms with Gasteiger partial charge in [0, 0.05) is 19.8 Å². The van der Waals surface area contributed by atoms with Crippen LogP contribution in [0.3, 0.4) is 0 Å². The summed E-state index contributed by atoms with van der Waals surface area (Å²) in [6.07, 6.45) is 2.02. The molecule has 0 saturated heterocycles. The fourth-order valence-corrected chi connectivity index (χ4v) is 0.574. The van der Waals surface area contributed by atoms with Crippen molar-refractivity contribution in [3.8, 4) is 0 Å². The molecule has 0 atom stereocenters. The summed E-state index contributed by atoms with van der Waals surface area (Å²) in [5, 5.41) is 1.87. The molecular formula is C8H16N2. The zero-order valence-electron chi connectivity index (χ0n) is 7.23. The second kappa shape index (κ2) is 4.12. The Balaban J connectivity index is 3.97. The first-order chi connectivity index (χ1) is 4.57. The van der Waals surface area contributed by atoms with Crippen LogP contribution < -0.4 is 5.43 Å². The topological polar surface area (TPSA) is 15.3 Å². The summed E-state index contributed by atoms with van der Waals surface area (Å²) >= 11 is 0. The van der Waals surface area contributed by atoms with Gasteiger partial charge in [0.1, 0.15) is 0 Å². The predicted octanol–water partition coefficient (Wildman–Crippen LogP) is 1.53. The Morgan fingerprint density at radius 1 is 1.50 bits per heavy atom. The minimum Gasteiger partial charge on any atom is -0.312 e. The number of hydrazine groups is 1. The molecule has 10 heavy (non-hydrogen) atoms. The van der Waals surface area contributed by atoms with E-state index in [1.165, 1.54) is 5.57 Å². The van der Waals surface area contributed by atoms with Gasteiger partial charge >= 0.3 is 0 Å². The number of hydrogen-bond acceptors (Lipinski definition) is 2. The molecule has 0 rings (SSSR count). The molecule has 0 radical (unpaired) electrons. The minimum atomic E-state index is 0.975. The Hall–Kier alpha value is -0.760. The van der Waals surface area contributed by atoms with Gasteiger partial charge in [-0.2, -0.15) is 0 Å². The number of nitrogens with zero attached hydrogens (tertiary/aromatic N) is 1. The highest BCUT2D eigenvalue weighted by Gasteiger charge is 1.92. The third-order valence-electron chi connectivity index (χ3n) is 1.22. The van der Waals surface area contributed by atoms with E-state index in [0.29, 0.717) is 0 Å². The maximum absolute atomic E-state index is 3.85. The van der Waals surface area contributed by atoms with Crippen molar-refractivity contribution in [2.45, 2.75) is 13.8 Å². The lowest BCUT2D eigenvalue weighted by molar-refractivity contribution is 0.344. The second-order valence-electron chi connectivity index (χ2n) is 2.50. The normalized spacial score (nSPS) is 8.80. The Bertz CT molecular complexity index is 143. The van der Waals surface area contributed by atoms with Crippen LogP contribution in [0.15, 0.2) is 23.9 Å². The van der Waals surface area contributed by atoms with Crippen LogP contribution in [0.1, 0.15) is 13.8 Å². The van der Waals surface area contributed by atoms with Crippen molar-refractivity contribution in [1.29, 1.82) is 0 Å². The van der Waals surface area contributed by atoms with E-state index in [1.54, 1.807) is 0 Å². The second-order valence-corrected chi connectivity index (χ2v) is 2.50. The van der Waals surface area contributed by atoms with Crippen molar-refractivity contribution < 1.29 is 0 Å². The van der Waals surface area contributed by atoms with E-state index in [-0.39, 0.29) is 0 Å². The van der Waals surface area contributed by atoms with Crippen molar-refractivity contribution in [1.82, 2.24) is 10.4 Å². The van der Waals surface area contributed by atoms with Gasteiger partial charge < -0.3 is 5.01 Å². The fraction of sp³-hybridized carbons (Fsp3) is 0.500. The molecule has 0 spiro atoms. The molecule has 0 amide bonds. The average Bonchev–Trinajstić information content (AvgIpc) is 1.85. The Morgan fingerprint density at radius 2 is 2.00 bits per heavy atom. The van der Waals surface area contributed by atoms with Gasteiger partial charge in [-0.25, -0.2) is 5.43 Å². The lowest BCUT2D eigenvalue weighted by atomic mass is 10.3. The molecule has 1 N–H and O–H groups in total. The van der Waals surface area contributed by atoms with Gasteiger partial charge in [-0.05, 0) is 19.9 Å². The van der Waals surface area contributed by atoms with E-state index in [1.807, 2.05) is 25.2 Å². The molecule has 0 aliphatic carbocycles. The molecule has 0 aliphatic heterocycles. The Labute approximate surface area is 63.2 Å². The molecule has 0 fully saturated rings. The Morgan fingerprint density at radius 3 is 2.30 bits per heavy atom. The SMILES string of the molecule is C=C(C=C(C)C)N(C)NC. The van der Waals surface area contributed by atoms with Crippen molar-refractivity contribution in [3.63, 3.8) is 0 Å². The van der Waals surface area contributed by atoms with Crippen LogP contribution in [-0.2, 0) is 0 Å². The lowest BCUT2D eigenvalue weighted by Gasteiger charge is -2.17. The molecule has 0 aromatic rings. The van der Waals surface area contributed by atoms with E-state index in [4.69, 9.17) is 0 Å². The van der Waals surface area contributed by atoms with Crippen LogP contribution in [0.2, 0.25) is 0 Å². The third kappa shape index (κ3) is 3.30. The van der Waals surface area contributed by atoms with Gasteiger partial charge in [-0.15, -0.1) is 0 Å². The van der Waals surface area contributed by atoms with Crippen molar-refractivity contribution in [2.75, 3.05) is 14.1 Å². The largest absolute Gasteiger partial charge is 0.312 e. The molecule has 0 unspecified atom stereocenters. The van der Waals surface area contributed by atoms with Crippen molar-refractivity contribution >= 4 is 0 Å². The summed E-state index contributed by atoms with van der Waals surface area (Å²) in [6.45, 7) is 7.95. The maximum Gasteiger partial charge on any atom is 0.0443 e. The monoisotopic (exact) mass is 140 g/mol. The summed E-state index contributed by atoms with van der Waals surface area (Å²) in [5.41, 5.74) is 5.19. The van der Waals surface area contributed by atoms with Gasteiger partial charge in [0.2, 0.25) is 0 Å². The zero-order chi connectivity index (χ0) is 8.15. The summed E-state index contributed by atoms with van der Waals surface area (Å²) < 4.78 is 0. The Kier molecular flexibility index (Phi) is 3.81. The predicted molar refractivity (Wildman–Crippen MR) is 45.4 cm³/mol. The van der Waals surface area contributed by atoms with Gasteiger partial charge in [0.25, 0.3) is 0 Å². The first-order valence-electron chi connectivity index (χ1n) is 3.33. The quantitative estimate of drug-likeness (QED) is 0.472. The molecule has 2 heteroatoms. The molecule has 58 valence electrons. The summed E-state index contributed by atoms with van der Waals surface area (Å²) in [4.78, 5) is 0. The van der Waals surface area contributed by atoms with Crippen LogP contribution in [0.25, 0.3) is 0 Å². The number of likely N-dealkylation sites (N-methyl/N-ethyl adjacent to an activating group) is 1. The first kappa shape index (κ1) is 9.24. The van der Waals surface area contributed by atoms with Crippen molar-refractivity contribution in [2.24, 2.45) is 0 Å². The smallest absolute Gasteiger partial charge is 0.0443 e. The standard InChI is InChI=1S/C8H16N2/c1-7(2)6-8(3)10(5)9-4/h6,9H,3H2,1-2,4-5H3. The highest BCUT2D eigenvalue weighted by molar-refractivity contribution is 5.15. The first-order valence-corrected chi connectivity index (χ1v) is 3.33. The van der Waals surface area contributed by atoms with Crippen LogP contribution in [0, 0.1) is 0 Å². The van der Waals surface area contributed by atoms with Crippen LogP contribution in [0.5, 0.6) is 0 Å². The van der Waals surface area contributed by atoms with Gasteiger partial charge in [-0.1, -0.05) is 12.2 Å². The number of allylic oxidation sites excluding steroid dienone is 2. The molecule has 0 heterocycles. The molecule has 0 bridgehead atoms. The van der Waals surface area contributed by atoms with E-state index in [2.05, 4.69) is 25.9 Å². The van der Waals surface area contributed by atoms with Gasteiger partial charge in [0.05, 0.1) is 0 Å². The zero-order valence-corrected chi connectivity index (χ0v) is 7.23.